The molecule has 0 spiro atoms. The first kappa shape index (κ1) is 16.9. The minimum Gasteiger partial charge on any atom is -0.282 e. The SMILES string of the molecule is C/C(=C\CC=Cc1cccc(CC(=O)N=O)c1)S(=O)(=O)O. The van der Waals surface area contributed by atoms with E-state index in [1.807, 2.05) is 0 Å². The Labute approximate surface area is 122 Å². The van der Waals surface area contributed by atoms with Crippen LogP contribution in [0.15, 0.2) is 46.5 Å². The average Bonchev–Trinajstić information content (AvgIpc) is 2.42. The Balaban J connectivity index is 2.71. The zero-order chi connectivity index (χ0) is 15.9. The molecule has 21 heavy (non-hydrogen) atoms. The summed E-state index contributed by atoms with van der Waals surface area (Å²) in [6, 6.07) is 6.99. The molecule has 0 radical (unpaired) electrons. The fourth-order valence-electron chi connectivity index (χ4n) is 1.56. The molecule has 0 heterocycles. The van der Waals surface area contributed by atoms with Crippen molar-refractivity contribution in [3.8, 4) is 0 Å². The highest BCUT2D eigenvalue weighted by molar-refractivity contribution is 7.89. The summed E-state index contributed by atoms with van der Waals surface area (Å²) < 4.78 is 30.3. The van der Waals surface area contributed by atoms with Crippen molar-refractivity contribution in [2.45, 2.75) is 19.8 Å². The van der Waals surface area contributed by atoms with Gasteiger partial charge >= 0.3 is 0 Å². The summed E-state index contributed by atoms with van der Waals surface area (Å²) in [5.41, 5.74) is 1.48. The lowest BCUT2D eigenvalue weighted by molar-refractivity contribution is -0.117. The predicted molar refractivity (Wildman–Crippen MR) is 79.9 cm³/mol. The molecule has 0 saturated carbocycles. The van der Waals surface area contributed by atoms with Crippen LogP contribution in [0.2, 0.25) is 0 Å². The van der Waals surface area contributed by atoms with E-state index in [0.717, 1.165) is 5.56 Å². The molecule has 7 heteroatoms. The van der Waals surface area contributed by atoms with Crippen LogP contribution in [-0.4, -0.2) is 18.9 Å². The van der Waals surface area contributed by atoms with Gasteiger partial charge in [0.15, 0.2) is 0 Å². The molecule has 0 saturated heterocycles. The molecule has 0 aromatic heterocycles. The van der Waals surface area contributed by atoms with Gasteiger partial charge in [-0.15, -0.1) is 4.91 Å². The number of nitroso groups, excluding NO2 is 1. The molecule has 1 N–H and O–H groups in total. The van der Waals surface area contributed by atoms with Gasteiger partial charge in [-0.25, -0.2) is 0 Å². The first-order valence-corrected chi connectivity index (χ1v) is 7.53. The topological polar surface area (TPSA) is 101 Å². The molecule has 0 atom stereocenters. The lowest BCUT2D eigenvalue weighted by Crippen LogP contribution is -1.97. The second kappa shape index (κ2) is 7.61. The van der Waals surface area contributed by atoms with E-state index in [1.165, 1.54) is 13.0 Å². The van der Waals surface area contributed by atoms with Gasteiger partial charge in [-0.3, -0.25) is 9.35 Å². The fraction of sp³-hybridized carbons (Fsp3) is 0.214. The van der Waals surface area contributed by atoms with Gasteiger partial charge < -0.3 is 0 Å². The van der Waals surface area contributed by atoms with Crippen LogP contribution in [0.1, 0.15) is 24.5 Å². The maximum absolute atomic E-state index is 10.9. The van der Waals surface area contributed by atoms with E-state index in [2.05, 4.69) is 5.18 Å². The highest BCUT2D eigenvalue weighted by Crippen LogP contribution is 2.10. The van der Waals surface area contributed by atoms with Gasteiger partial charge in [0, 0.05) is 5.18 Å². The summed E-state index contributed by atoms with van der Waals surface area (Å²) in [6.45, 7) is 1.31. The minimum absolute atomic E-state index is 0.0487. The Kier molecular flexibility index (Phi) is 6.13. The number of rotatable bonds is 6. The van der Waals surface area contributed by atoms with Crippen molar-refractivity contribution in [1.82, 2.24) is 0 Å². The summed E-state index contributed by atoms with van der Waals surface area (Å²) in [7, 11) is -4.12. The van der Waals surface area contributed by atoms with Crippen molar-refractivity contribution in [3.05, 3.63) is 57.4 Å². The molecule has 0 bridgehead atoms. The third-order valence-corrected chi connectivity index (χ3v) is 3.65. The molecule has 0 aliphatic heterocycles. The standard InChI is InChI=1S/C14H15NO5S/c1-11(21(18,19)20)5-2-3-6-12-7-4-8-13(9-12)10-14(16)15-17/h3-9H,2,10H2,1H3,(H,18,19,20)/b6-3?,11-5+. The Morgan fingerprint density at radius 3 is 2.71 bits per heavy atom. The third-order valence-electron chi connectivity index (χ3n) is 2.67. The molecule has 1 rings (SSSR count). The molecule has 1 amide bonds. The second-order valence-electron chi connectivity index (χ2n) is 4.33. The number of carbonyl (C=O) groups excluding carboxylic acids is 1. The molecule has 1 aromatic carbocycles. The maximum atomic E-state index is 10.9. The maximum Gasteiger partial charge on any atom is 0.290 e. The highest BCUT2D eigenvalue weighted by Gasteiger charge is 2.05. The summed E-state index contributed by atoms with van der Waals surface area (Å²) in [5, 5.41) is 2.34. The Bertz CT molecular complexity index is 689. The van der Waals surface area contributed by atoms with Gasteiger partial charge in [0.2, 0.25) is 0 Å². The largest absolute Gasteiger partial charge is 0.290 e. The van der Waals surface area contributed by atoms with Gasteiger partial charge in [-0.05, 0) is 24.5 Å². The highest BCUT2D eigenvalue weighted by atomic mass is 32.2. The molecule has 0 aliphatic carbocycles. The number of hydrogen-bond acceptors (Lipinski definition) is 4. The van der Waals surface area contributed by atoms with Crippen LogP contribution in [0.4, 0.5) is 0 Å². The molecule has 0 unspecified atom stereocenters. The normalized spacial score (nSPS) is 12.6. The van der Waals surface area contributed by atoms with E-state index >= 15 is 0 Å². The lowest BCUT2D eigenvalue weighted by Gasteiger charge is -1.98. The lowest BCUT2D eigenvalue weighted by atomic mass is 10.1. The van der Waals surface area contributed by atoms with E-state index in [-0.39, 0.29) is 11.3 Å². The molecule has 112 valence electrons. The monoisotopic (exact) mass is 309 g/mol. The summed E-state index contributed by atoms with van der Waals surface area (Å²) in [6.07, 6.45) is 5.14. The van der Waals surface area contributed by atoms with Crippen molar-refractivity contribution in [3.63, 3.8) is 0 Å². The Hall–Kier alpha value is -2.12. The van der Waals surface area contributed by atoms with Crippen LogP contribution in [0.5, 0.6) is 0 Å². The Morgan fingerprint density at radius 1 is 1.38 bits per heavy atom. The van der Waals surface area contributed by atoms with Crippen molar-refractivity contribution in [2.75, 3.05) is 0 Å². The minimum atomic E-state index is -4.12. The molecular formula is C14H15NO5S. The van der Waals surface area contributed by atoms with Crippen LogP contribution in [0.3, 0.4) is 0 Å². The molecule has 0 fully saturated rings. The summed E-state index contributed by atoms with van der Waals surface area (Å²) >= 11 is 0. The number of hydrogen-bond donors (Lipinski definition) is 1. The molecule has 6 nitrogen and oxygen atoms in total. The second-order valence-corrected chi connectivity index (χ2v) is 5.93. The first-order valence-electron chi connectivity index (χ1n) is 6.09. The van der Waals surface area contributed by atoms with Gasteiger partial charge in [-0.2, -0.15) is 8.42 Å². The summed E-state index contributed by atoms with van der Waals surface area (Å²) in [5.74, 6) is -0.733. The van der Waals surface area contributed by atoms with E-state index < -0.39 is 16.0 Å². The number of amides is 1. The van der Waals surface area contributed by atoms with E-state index in [0.29, 0.717) is 12.0 Å². The van der Waals surface area contributed by atoms with Crippen LogP contribution in [-0.2, 0) is 21.3 Å². The van der Waals surface area contributed by atoms with Crippen LogP contribution < -0.4 is 0 Å². The quantitative estimate of drug-likeness (QED) is 0.643. The molecule has 1 aromatic rings. The Morgan fingerprint density at radius 2 is 2.10 bits per heavy atom. The van der Waals surface area contributed by atoms with Gasteiger partial charge in [0.05, 0.1) is 11.3 Å². The van der Waals surface area contributed by atoms with Crippen molar-refractivity contribution < 1.29 is 17.8 Å². The number of nitrogens with zero attached hydrogens (tertiary/aromatic N) is 1. The van der Waals surface area contributed by atoms with Crippen LogP contribution in [0, 0.1) is 4.91 Å². The van der Waals surface area contributed by atoms with Gasteiger partial charge in [0.25, 0.3) is 16.0 Å². The van der Waals surface area contributed by atoms with Crippen molar-refractivity contribution in [2.24, 2.45) is 5.18 Å². The van der Waals surface area contributed by atoms with Crippen LogP contribution in [0.25, 0.3) is 6.08 Å². The smallest absolute Gasteiger partial charge is 0.282 e. The number of benzene rings is 1. The van der Waals surface area contributed by atoms with E-state index in [9.17, 15) is 18.1 Å². The average molecular weight is 309 g/mol. The molecular weight excluding hydrogens is 294 g/mol. The zero-order valence-electron chi connectivity index (χ0n) is 11.4. The van der Waals surface area contributed by atoms with Crippen molar-refractivity contribution in [1.29, 1.82) is 0 Å². The number of allylic oxidation sites excluding steroid dienone is 3. The zero-order valence-corrected chi connectivity index (χ0v) is 12.2. The fourth-order valence-corrected chi connectivity index (χ4v) is 1.86. The summed E-state index contributed by atoms with van der Waals surface area (Å²) in [4.78, 5) is 20.9. The van der Waals surface area contributed by atoms with E-state index in [1.54, 1.807) is 36.4 Å². The first-order chi connectivity index (χ1) is 9.82. The third kappa shape index (κ3) is 6.24. The number of carbonyl (C=O) groups is 1. The van der Waals surface area contributed by atoms with Gasteiger partial charge in [-0.1, -0.05) is 42.5 Å². The van der Waals surface area contributed by atoms with Crippen LogP contribution >= 0.6 is 0 Å². The van der Waals surface area contributed by atoms with Crippen molar-refractivity contribution >= 4 is 22.1 Å². The predicted octanol–water partition coefficient (Wildman–Crippen LogP) is 2.72. The van der Waals surface area contributed by atoms with Gasteiger partial charge in [0.1, 0.15) is 0 Å². The van der Waals surface area contributed by atoms with E-state index in [4.69, 9.17) is 4.55 Å². The molecule has 0 aliphatic rings.